The number of rotatable bonds is 4. The van der Waals surface area contributed by atoms with Crippen LogP contribution >= 0.6 is 0 Å². The van der Waals surface area contributed by atoms with Crippen LogP contribution in [0.2, 0.25) is 0 Å². The number of aldehydes is 1. The minimum Gasteiger partial charge on any atom is -0.504 e. The molecule has 0 bridgehead atoms. The van der Waals surface area contributed by atoms with E-state index in [-0.39, 0.29) is 17.0 Å². The third kappa shape index (κ3) is 4.09. The van der Waals surface area contributed by atoms with E-state index in [0.29, 0.717) is 32.5 Å². The first-order valence-corrected chi connectivity index (χ1v) is 10.0. The molecule has 30 heavy (non-hydrogen) atoms. The Labute approximate surface area is 174 Å². The van der Waals surface area contributed by atoms with E-state index in [9.17, 15) is 19.1 Å². The third-order valence-corrected chi connectivity index (χ3v) is 5.60. The summed E-state index contributed by atoms with van der Waals surface area (Å²) in [7, 11) is 0. The highest BCUT2D eigenvalue weighted by atomic mass is 19.1. The number of nitrogens with zero attached hydrogens (tertiary/aromatic N) is 3. The SMILES string of the molecule is O=Cc1cc(C(=O)N2CCN(c3cccc(N4CCOCC4)c3)CC2)cc(F)c1O. The number of phenolic OH excluding ortho intramolecular Hbond substituents is 1. The summed E-state index contributed by atoms with van der Waals surface area (Å²) in [4.78, 5) is 29.9. The van der Waals surface area contributed by atoms with Crippen molar-refractivity contribution in [3.05, 3.63) is 53.3 Å². The highest BCUT2D eigenvalue weighted by Gasteiger charge is 2.24. The molecular weight excluding hydrogens is 389 g/mol. The van der Waals surface area contributed by atoms with Gasteiger partial charge in [0.05, 0.1) is 18.8 Å². The molecule has 0 unspecified atom stereocenters. The lowest BCUT2D eigenvalue weighted by Gasteiger charge is -2.37. The summed E-state index contributed by atoms with van der Waals surface area (Å²) in [5, 5.41) is 9.54. The number of ether oxygens (including phenoxy) is 1. The molecule has 1 N–H and O–H groups in total. The molecule has 4 rings (SSSR count). The second-order valence-electron chi connectivity index (χ2n) is 7.41. The van der Waals surface area contributed by atoms with Crippen molar-refractivity contribution in [1.29, 1.82) is 0 Å². The summed E-state index contributed by atoms with van der Waals surface area (Å²) < 4.78 is 19.2. The molecule has 0 radical (unpaired) electrons. The summed E-state index contributed by atoms with van der Waals surface area (Å²) in [6.45, 7) is 5.48. The Kier molecular flexibility index (Phi) is 5.85. The first-order valence-electron chi connectivity index (χ1n) is 10.0. The Hall–Kier alpha value is -3.13. The lowest BCUT2D eigenvalue weighted by molar-refractivity contribution is 0.0746. The highest BCUT2D eigenvalue weighted by Crippen LogP contribution is 2.26. The van der Waals surface area contributed by atoms with E-state index in [0.717, 1.165) is 43.7 Å². The number of anilines is 2. The monoisotopic (exact) mass is 413 g/mol. The van der Waals surface area contributed by atoms with Crippen LogP contribution in [0.1, 0.15) is 20.7 Å². The molecule has 0 saturated carbocycles. The summed E-state index contributed by atoms with van der Waals surface area (Å²) in [6, 6.07) is 10.6. The number of phenols is 1. The number of amides is 1. The number of carbonyl (C=O) groups is 2. The molecule has 2 aliphatic heterocycles. The van der Waals surface area contributed by atoms with Gasteiger partial charge in [0, 0.05) is 56.2 Å². The Morgan fingerprint density at radius 1 is 0.967 bits per heavy atom. The van der Waals surface area contributed by atoms with Crippen molar-refractivity contribution in [3.63, 3.8) is 0 Å². The van der Waals surface area contributed by atoms with Crippen LogP contribution < -0.4 is 9.80 Å². The largest absolute Gasteiger partial charge is 0.504 e. The molecule has 158 valence electrons. The molecule has 2 aromatic rings. The summed E-state index contributed by atoms with van der Waals surface area (Å²) in [5.74, 6) is -2.05. The molecular formula is C22H24FN3O4. The standard InChI is InChI=1S/C22H24FN3O4/c23-20-13-16(12-17(15-27)21(20)28)22(29)26-6-4-24(5-7-26)18-2-1-3-19(14-18)25-8-10-30-11-9-25/h1-3,12-15,28H,4-11H2. The molecule has 2 aliphatic rings. The van der Waals surface area contributed by atoms with Crippen LogP contribution in [-0.4, -0.2) is 74.7 Å². The van der Waals surface area contributed by atoms with Gasteiger partial charge in [-0.1, -0.05) is 6.07 Å². The predicted molar refractivity (Wildman–Crippen MR) is 111 cm³/mol. The van der Waals surface area contributed by atoms with Gasteiger partial charge in [-0.2, -0.15) is 0 Å². The van der Waals surface area contributed by atoms with Crippen molar-refractivity contribution >= 4 is 23.6 Å². The van der Waals surface area contributed by atoms with E-state index in [1.807, 2.05) is 6.07 Å². The predicted octanol–water partition coefficient (Wildman–Crippen LogP) is 2.14. The maximum Gasteiger partial charge on any atom is 0.254 e. The number of morpholine rings is 1. The number of aromatic hydroxyl groups is 1. The van der Waals surface area contributed by atoms with Gasteiger partial charge in [-0.05, 0) is 30.3 Å². The smallest absolute Gasteiger partial charge is 0.254 e. The molecule has 2 fully saturated rings. The Morgan fingerprint density at radius 3 is 2.23 bits per heavy atom. The van der Waals surface area contributed by atoms with E-state index in [4.69, 9.17) is 4.74 Å². The number of halogens is 1. The van der Waals surface area contributed by atoms with E-state index in [1.165, 1.54) is 6.07 Å². The minimum absolute atomic E-state index is 0.0650. The lowest BCUT2D eigenvalue weighted by Crippen LogP contribution is -2.48. The van der Waals surface area contributed by atoms with Gasteiger partial charge in [0.25, 0.3) is 5.91 Å². The number of hydrogen-bond acceptors (Lipinski definition) is 6. The highest BCUT2D eigenvalue weighted by molar-refractivity contribution is 5.96. The third-order valence-electron chi connectivity index (χ3n) is 5.60. The van der Waals surface area contributed by atoms with Crippen molar-refractivity contribution in [2.45, 2.75) is 0 Å². The average Bonchev–Trinajstić information content (AvgIpc) is 2.81. The minimum atomic E-state index is -0.971. The maximum absolute atomic E-state index is 13.8. The summed E-state index contributed by atoms with van der Waals surface area (Å²) >= 11 is 0. The molecule has 7 nitrogen and oxygen atoms in total. The van der Waals surface area contributed by atoms with Gasteiger partial charge in [-0.15, -0.1) is 0 Å². The van der Waals surface area contributed by atoms with Gasteiger partial charge in [-0.25, -0.2) is 4.39 Å². The molecule has 8 heteroatoms. The van der Waals surface area contributed by atoms with E-state index in [2.05, 4.69) is 28.0 Å². The lowest BCUT2D eigenvalue weighted by atomic mass is 10.1. The first-order chi connectivity index (χ1) is 14.6. The van der Waals surface area contributed by atoms with E-state index < -0.39 is 11.6 Å². The fraction of sp³-hybridized carbons (Fsp3) is 0.364. The summed E-state index contributed by atoms with van der Waals surface area (Å²) in [6.07, 6.45) is 0.342. The number of carbonyl (C=O) groups excluding carboxylic acids is 2. The van der Waals surface area contributed by atoms with Gasteiger partial charge in [0.2, 0.25) is 0 Å². The molecule has 0 atom stereocenters. The fourth-order valence-corrected chi connectivity index (χ4v) is 3.89. The Bertz CT molecular complexity index is 938. The molecule has 1 amide bonds. The van der Waals surface area contributed by atoms with Crippen LogP contribution in [-0.2, 0) is 4.74 Å². The van der Waals surface area contributed by atoms with Crippen molar-refractivity contribution in [1.82, 2.24) is 4.90 Å². The van der Waals surface area contributed by atoms with Crippen molar-refractivity contribution in [2.75, 3.05) is 62.3 Å². The number of piperazine rings is 1. The fourth-order valence-electron chi connectivity index (χ4n) is 3.89. The quantitative estimate of drug-likeness (QED) is 0.775. The van der Waals surface area contributed by atoms with Crippen LogP contribution in [0.3, 0.4) is 0 Å². The molecule has 0 aromatic heterocycles. The molecule has 2 heterocycles. The Morgan fingerprint density at radius 2 is 1.60 bits per heavy atom. The van der Waals surface area contributed by atoms with Gasteiger partial charge in [0.1, 0.15) is 0 Å². The van der Waals surface area contributed by atoms with Gasteiger partial charge in [0.15, 0.2) is 17.9 Å². The van der Waals surface area contributed by atoms with Crippen molar-refractivity contribution < 1.29 is 23.8 Å². The normalized spacial score (nSPS) is 17.2. The molecule has 0 aliphatic carbocycles. The summed E-state index contributed by atoms with van der Waals surface area (Å²) in [5.41, 5.74) is 2.10. The van der Waals surface area contributed by atoms with Crippen LogP contribution in [0.4, 0.5) is 15.8 Å². The second-order valence-corrected chi connectivity index (χ2v) is 7.41. The molecule has 2 saturated heterocycles. The van der Waals surface area contributed by atoms with Crippen molar-refractivity contribution in [2.24, 2.45) is 0 Å². The Balaban J connectivity index is 1.42. The van der Waals surface area contributed by atoms with Crippen LogP contribution in [0, 0.1) is 5.82 Å². The number of hydrogen-bond donors (Lipinski definition) is 1. The topological polar surface area (TPSA) is 73.3 Å². The van der Waals surface area contributed by atoms with Crippen molar-refractivity contribution in [3.8, 4) is 5.75 Å². The maximum atomic E-state index is 13.8. The zero-order chi connectivity index (χ0) is 21.1. The molecule has 0 spiro atoms. The molecule has 2 aromatic carbocycles. The average molecular weight is 413 g/mol. The first kappa shape index (κ1) is 20.2. The second kappa shape index (κ2) is 8.71. The van der Waals surface area contributed by atoms with Crippen LogP contribution in [0.15, 0.2) is 36.4 Å². The van der Waals surface area contributed by atoms with Crippen LogP contribution in [0.25, 0.3) is 0 Å². The van der Waals surface area contributed by atoms with E-state index >= 15 is 0 Å². The van der Waals surface area contributed by atoms with E-state index in [1.54, 1.807) is 4.90 Å². The van der Waals surface area contributed by atoms with Gasteiger partial charge >= 0.3 is 0 Å². The zero-order valence-electron chi connectivity index (χ0n) is 16.6. The number of benzene rings is 2. The zero-order valence-corrected chi connectivity index (χ0v) is 16.6. The van der Waals surface area contributed by atoms with Crippen LogP contribution in [0.5, 0.6) is 5.75 Å². The van der Waals surface area contributed by atoms with Gasteiger partial charge < -0.3 is 24.5 Å². The van der Waals surface area contributed by atoms with Gasteiger partial charge in [-0.3, -0.25) is 9.59 Å².